The number of phenols is 2. The van der Waals surface area contributed by atoms with Crippen molar-refractivity contribution in [2.24, 2.45) is 35.5 Å². The summed E-state index contributed by atoms with van der Waals surface area (Å²) < 4.78 is 13.3. The van der Waals surface area contributed by atoms with Crippen LogP contribution >= 0.6 is 0 Å². The summed E-state index contributed by atoms with van der Waals surface area (Å²) in [6.07, 6.45) is 14.4. The number of nitro benzene ring substituents is 2. The number of ether oxygens (including phenoxy) is 2. The third-order valence-corrected chi connectivity index (χ3v) is 13.0. The van der Waals surface area contributed by atoms with Gasteiger partial charge in [-0.15, -0.1) is 0 Å². The monoisotopic (exact) mass is 652 g/mol. The molecule has 0 heterocycles. The molecule has 0 radical (unpaired) electrons. The molecule has 8 fully saturated rings. The highest BCUT2D eigenvalue weighted by Crippen LogP contribution is 2.66. The van der Waals surface area contributed by atoms with E-state index in [1.165, 1.54) is 86.1 Å². The second-order valence-electron chi connectivity index (χ2n) is 16.3. The van der Waals surface area contributed by atoms with Crippen molar-refractivity contribution in [1.29, 1.82) is 0 Å². The van der Waals surface area contributed by atoms with Crippen LogP contribution in [0.2, 0.25) is 0 Å². The van der Waals surface area contributed by atoms with Crippen molar-refractivity contribution in [3.05, 3.63) is 79.9 Å². The van der Waals surface area contributed by atoms with Gasteiger partial charge in [0.15, 0.2) is 11.5 Å². The number of nitrogens with zero attached hydrogens (tertiary/aromatic N) is 2. The second kappa shape index (κ2) is 10.6. The van der Waals surface area contributed by atoms with E-state index in [0.29, 0.717) is 58.5 Å². The van der Waals surface area contributed by atoms with Gasteiger partial charge in [-0.3, -0.25) is 20.2 Å². The standard InChI is InChI=1S/C38H40N2O8/c41-33-11-27(1-3-31(33)39(43)44)47-35-14-36(48-28-2-4-32(40(45)46)34(42)12-28)30(38-18-24-8-25(19-38)10-26(9-24)20-38)13-29(35)37-15-21-5-22(16-37)7-23(6-21)17-37/h1-4,11-14,21-26,41-42H,5-10,15-20H2. The zero-order valence-corrected chi connectivity index (χ0v) is 26.8. The van der Waals surface area contributed by atoms with Gasteiger partial charge in [0.2, 0.25) is 0 Å². The first kappa shape index (κ1) is 29.8. The molecule has 3 aromatic carbocycles. The van der Waals surface area contributed by atoms with E-state index < -0.39 is 21.3 Å². The van der Waals surface area contributed by atoms with E-state index in [1.54, 1.807) is 0 Å². The minimum Gasteiger partial charge on any atom is -0.502 e. The molecule has 48 heavy (non-hydrogen) atoms. The van der Waals surface area contributed by atoms with E-state index in [1.807, 2.05) is 6.07 Å². The summed E-state index contributed by atoms with van der Waals surface area (Å²) in [5.41, 5.74) is 1.47. The summed E-state index contributed by atoms with van der Waals surface area (Å²) in [5, 5.41) is 43.9. The Kier molecular flexibility index (Phi) is 6.56. The van der Waals surface area contributed by atoms with Gasteiger partial charge in [-0.1, -0.05) is 0 Å². The lowest BCUT2D eigenvalue weighted by molar-refractivity contribution is -0.386. The molecule has 0 unspecified atom stereocenters. The van der Waals surface area contributed by atoms with E-state index in [9.17, 15) is 30.4 Å². The minimum atomic E-state index is -0.619. The summed E-state index contributed by atoms with van der Waals surface area (Å²) in [4.78, 5) is 21.6. The number of hydrogen-bond donors (Lipinski definition) is 2. The van der Waals surface area contributed by atoms with Crippen LogP contribution in [0.25, 0.3) is 0 Å². The van der Waals surface area contributed by atoms with Gasteiger partial charge in [-0.05, 0) is 142 Å². The molecular formula is C38H40N2O8. The SMILES string of the molecule is O=[N+]([O-])c1ccc(Oc2cc(Oc3ccc([N+](=O)[O-])c(O)c3)c(C34CC5CC(CC(C5)C3)C4)cc2C23CC4CC(CC(C4)C2)C3)cc1O. The van der Waals surface area contributed by atoms with Crippen LogP contribution in [0.5, 0.6) is 34.5 Å². The Morgan fingerprint density at radius 1 is 0.542 bits per heavy atom. The highest BCUT2D eigenvalue weighted by molar-refractivity contribution is 5.58. The summed E-state index contributed by atoms with van der Waals surface area (Å²) in [6.45, 7) is 0. The number of aromatic hydroxyl groups is 2. The molecular weight excluding hydrogens is 612 g/mol. The Morgan fingerprint density at radius 2 is 0.875 bits per heavy atom. The summed E-state index contributed by atoms with van der Waals surface area (Å²) in [5.74, 6) is 5.03. The van der Waals surface area contributed by atoms with Crippen LogP contribution in [0.1, 0.15) is 88.2 Å². The quantitative estimate of drug-likeness (QED) is 0.181. The molecule has 0 spiro atoms. The minimum absolute atomic E-state index is 0.0475. The fourth-order valence-electron chi connectivity index (χ4n) is 12.1. The van der Waals surface area contributed by atoms with Crippen LogP contribution in [-0.4, -0.2) is 20.1 Å². The molecule has 10 heteroatoms. The number of benzene rings is 3. The van der Waals surface area contributed by atoms with Crippen molar-refractivity contribution < 1.29 is 29.5 Å². The average molecular weight is 653 g/mol. The largest absolute Gasteiger partial charge is 0.502 e. The molecule has 250 valence electrons. The van der Waals surface area contributed by atoms with Gasteiger partial charge in [0, 0.05) is 41.5 Å². The Morgan fingerprint density at radius 3 is 1.17 bits per heavy atom. The first-order chi connectivity index (χ1) is 23.0. The Labute approximate surface area is 278 Å². The maximum Gasteiger partial charge on any atom is 0.310 e. The molecule has 0 amide bonds. The smallest absolute Gasteiger partial charge is 0.310 e. The molecule has 0 aromatic heterocycles. The fourth-order valence-corrected chi connectivity index (χ4v) is 12.1. The first-order valence-electron chi connectivity index (χ1n) is 17.5. The van der Waals surface area contributed by atoms with Crippen molar-refractivity contribution in [2.45, 2.75) is 87.9 Å². The van der Waals surface area contributed by atoms with E-state index in [-0.39, 0.29) is 22.2 Å². The van der Waals surface area contributed by atoms with Crippen LogP contribution in [0.3, 0.4) is 0 Å². The summed E-state index contributed by atoms with van der Waals surface area (Å²) in [7, 11) is 0. The third kappa shape index (κ3) is 4.81. The van der Waals surface area contributed by atoms with Gasteiger partial charge in [0.25, 0.3) is 0 Å². The van der Waals surface area contributed by atoms with Gasteiger partial charge < -0.3 is 19.7 Å². The predicted octanol–water partition coefficient (Wildman–Crippen LogP) is 9.43. The maximum absolute atomic E-state index is 11.4. The van der Waals surface area contributed by atoms with Gasteiger partial charge in [-0.2, -0.15) is 0 Å². The lowest BCUT2D eigenvalue weighted by atomic mass is 9.46. The van der Waals surface area contributed by atoms with Crippen molar-refractivity contribution in [1.82, 2.24) is 0 Å². The summed E-state index contributed by atoms with van der Waals surface area (Å²) in [6, 6.07) is 12.5. The molecule has 2 N–H and O–H groups in total. The van der Waals surface area contributed by atoms with Crippen molar-refractivity contribution in [3.8, 4) is 34.5 Å². The Hall–Kier alpha value is -4.34. The van der Waals surface area contributed by atoms with Crippen LogP contribution in [-0.2, 0) is 10.8 Å². The molecule has 3 aromatic rings. The van der Waals surface area contributed by atoms with Crippen LogP contribution < -0.4 is 9.47 Å². The highest BCUT2D eigenvalue weighted by atomic mass is 16.6. The average Bonchev–Trinajstić information content (AvgIpc) is 2.99. The van der Waals surface area contributed by atoms with E-state index in [0.717, 1.165) is 38.5 Å². The number of nitro groups is 2. The molecule has 8 saturated carbocycles. The van der Waals surface area contributed by atoms with Gasteiger partial charge in [0.1, 0.15) is 23.0 Å². The first-order valence-corrected chi connectivity index (χ1v) is 17.5. The molecule has 0 saturated heterocycles. The van der Waals surface area contributed by atoms with E-state index in [2.05, 4.69) is 6.07 Å². The third-order valence-electron chi connectivity index (χ3n) is 13.0. The Bertz CT molecular complexity index is 1650. The molecule has 0 atom stereocenters. The van der Waals surface area contributed by atoms with Crippen molar-refractivity contribution >= 4 is 11.4 Å². The van der Waals surface area contributed by atoms with Crippen molar-refractivity contribution in [3.63, 3.8) is 0 Å². The molecule has 8 aliphatic carbocycles. The van der Waals surface area contributed by atoms with Gasteiger partial charge in [-0.25, -0.2) is 0 Å². The predicted molar refractivity (Wildman–Crippen MR) is 176 cm³/mol. The number of hydrogen-bond acceptors (Lipinski definition) is 8. The molecule has 10 nitrogen and oxygen atoms in total. The lowest BCUT2D eigenvalue weighted by Gasteiger charge is -2.58. The van der Waals surface area contributed by atoms with Crippen molar-refractivity contribution in [2.75, 3.05) is 0 Å². The maximum atomic E-state index is 11.4. The molecule has 8 bridgehead atoms. The number of phenolic OH excluding ortho intramolecular Hbond substituents is 2. The van der Waals surface area contributed by atoms with E-state index in [4.69, 9.17) is 9.47 Å². The summed E-state index contributed by atoms with van der Waals surface area (Å²) >= 11 is 0. The van der Waals surface area contributed by atoms with Gasteiger partial charge >= 0.3 is 11.4 Å². The Balaban J connectivity index is 1.22. The van der Waals surface area contributed by atoms with Crippen LogP contribution in [0.15, 0.2) is 48.5 Å². The molecule has 8 aliphatic rings. The van der Waals surface area contributed by atoms with Crippen LogP contribution in [0, 0.1) is 55.7 Å². The molecule has 0 aliphatic heterocycles. The molecule has 11 rings (SSSR count). The zero-order valence-electron chi connectivity index (χ0n) is 26.8. The topological polar surface area (TPSA) is 145 Å². The lowest BCUT2D eigenvalue weighted by Crippen LogP contribution is -2.50. The fraction of sp³-hybridized carbons (Fsp3) is 0.526. The normalized spacial score (nSPS) is 33.9. The van der Waals surface area contributed by atoms with E-state index >= 15 is 0 Å². The number of rotatable bonds is 8. The van der Waals surface area contributed by atoms with Crippen LogP contribution in [0.4, 0.5) is 11.4 Å². The second-order valence-corrected chi connectivity index (χ2v) is 16.3. The zero-order chi connectivity index (χ0) is 32.9. The van der Waals surface area contributed by atoms with Gasteiger partial charge in [0.05, 0.1) is 9.85 Å². The highest BCUT2D eigenvalue weighted by Gasteiger charge is 2.55.